The third-order valence-electron chi connectivity index (χ3n) is 4.92. The van der Waals surface area contributed by atoms with Crippen LogP contribution in [0.4, 0.5) is 4.39 Å². The molecular weight excluding hydrogens is 359 g/mol. The van der Waals surface area contributed by atoms with Crippen LogP contribution in [0, 0.1) is 5.82 Å². The summed E-state index contributed by atoms with van der Waals surface area (Å²) in [7, 11) is 0. The summed E-state index contributed by atoms with van der Waals surface area (Å²) in [4.78, 5) is 29.2. The molecular formula is C21H19FN4O2. The van der Waals surface area contributed by atoms with E-state index in [2.05, 4.69) is 21.2 Å². The molecule has 0 saturated heterocycles. The standard InChI is InChI=1S/C21H19FN4O2/c22-17-7-3-6-15(12-17)20-23-21(28)18(24-25-20)8-9-19(27)26-11-10-14-4-1-2-5-16(14)13-26/h1-7,12H,8-11,13H2,(H,23,25,28). The first kappa shape index (κ1) is 18.0. The molecule has 4 rings (SSSR count). The second-order valence-electron chi connectivity index (χ2n) is 6.79. The van der Waals surface area contributed by atoms with E-state index in [1.807, 2.05) is 23.1 Å². The Morgan fingerprint density at radius 1 is 1.11 bits per heavy atom. The number of nitrogens with one attached hydrogen (secondary N) is 1. The van der Waals surface area contributed by atoms with Crippen LogP contribution in [0.5, 0.6) is 0 Å². The zero-order valence-electron chi connectivity index (χ0n) is 15.2. The first-order valence-corrected chi connectivity index (χ1v) is 9.16. The van der Waals surface area contributed by atoms with Crippen LogP contribution >= 0.6 is 0 Å². The van der Waals surface area contributed by atoms with E-state index in [4.69, 9.17) is 0 Å². The van der Waals surface area contributed by atoms with Crippen LogP contribution in [-0.4, -0.2) is 32.5 Å². The highest BCUT2D eigenvalue weighted by Crippen LogP contribution is 2.19. The van der Waals surface area contributed by atoms with Gasteiger partial charge in [-0.05, 0) is 29.7 Å². The molecule has 2 aromatic carbocycles. The number of carbonyl (C=O) groups is 1. The fourth-order valence-corrected chi connectivity index (χ4v) is 3.38. The van der Waals surface area contributed by atoms with Gasteiger partial charge in [0.05, 0.1) is 0 Å². The van der Waals surface area contributed by atoms with E-state index in [1.54, 1.807) is 6.07 Å². The van der Waals surface area contributed by atoms with Crippen molar-refractivity contribution >= 4 is 5.91 Å². The number of hydrogen-bond acceptors (Lipinski definition) is 4. The molecule has 1 aromatic heterocycles. The minimum atomic E-state index is -0.419. The lowest BCUT2D eigenvalue weighted by Gasteiger charge is -2.28. The first-order valence-electron chi connectivity index (χ1n) is 9.16. The zero-order valence-corrected chi connectivity index (χ0v) is 15.2. The minimum absolute atomic E-state index is 0.00934. The number of H-pyrrole nitrogens is 1. The number of benzene rings is 2. The third kappa shape index (κ3) is 3.83. The van der Waals surface area contributed by atoms with Gasteiger partial charge in [0.25, 0.3) is 5.56 Å². The van der Waals surface area contributed by atoms with Gasteiger partial charge >= 0.3 is 0 Å². The number of halogens is 1. The molecule has 0 radical (unpaired) electrons. The first-order chi connectivity index (χ1) is 13.6. The number of hydrogen-bond donors (Lipinski definition) is 1. The van der Waals surface area contributed by atoms with Gasteiger partial charge in [-0.15, -0.1) is 10.2 Å². The number of aryl methyl sites for hydroxylation is 1. The summed E-state index contributed by atoms with van der Waals surface area (Å²) in [5.74, 6) is -0.227. The number of aromatic amines is 1. The Morgan fingerprint density at radius 2 is 1.93 bits per heavy atom. The quantitative estimate of drug-likeness (QED) is 0.757. The Morgan fingerprint density at radius 3 is 2.71 bits per heavy atom. The number of carbonyl (C=O) groups excluding carboxylic acids is 1. The van der Waals surface area contributed by atoms with Crippen molar-refractivity contribution in [1.82, 2.24) is 20.1 Å². The van der Waals surface area contributed by atoms with Crippen molar-refractivity contribution in [2.24, 2.45) is 0 Å². The van der Waals surface area contributed by atoms with Crippen LogP contribution in [0.1, 0.15) is 23.2 Å². The number of amides is 1. The smallest absolute Gasteiger partial charge is 0.273 e. The molecule has 3 aromatic rings. The van der Waals surface area contributed by atoms with Gasteiger partial charge in [-0.3, -0.25) is 9.59 Å². The summed E-state index contributed by atoms with van der Waals surface area (Å²) >= 11 is 0. The molecule has 1 N–H and O–H groups in total. The topological polar surface area (TPSA) is 79.0 Å². The second-order valence-corrected chi connectivity index (χ2v) is 6.79. The van der Waals surface area contributed by atoms with Crippen molar-refractivity contribution in [3.05, 3.63) is 81.5 Å². The molecule has 1 amide bonds. The molecule has 0 bridgehead atoms. The van der Waals surface area contributed by atoms with E-state index in [0.29, 0.717) is 18.7 Å². The summed E-state index contributed by atoms with van der Waals surface area (Å²) in [5.41, 5.74) is 2.68. The number of rotatable bonds is 4. The summed E-state index contributed by atoms with van der Waals surface area (Å²) in [6.07, 6.45) is 1.24. The van der Waals surface area contributed by atoms with Crippen molar-refractivity contribution in [1.29, 1.82) is 0 Å². The molecule has 1 aliphatic heterocycles. The van der Waals surface area contributed by atoms with E-state index in [9.17, 15) is 14.0 Å². The summed E-state index contributed by atoms with van der Waals surface area (Å²) in [6.45, 7) is 1.27. The molecule has 2 heterocycles. The van der Waals surface area contributed by atoms with Crippen molar-refractivity contribution in [3.63, 3.8) is 0 Å². The molecule has 0 saturated carbocycles. The van der Waals surface area contributed by atoms with Crippen LogP contribution in [-0.2, 0) is 24.2 Å². The van der Waals surface area contributed by atoms with Crippen molar-refractivity contribution in [2.45, 2.75) is 25.8 Å². The molecule has 28 heavy (non-hydrogen) atoms. The Kier molecular flexibility index (Phi) is 4.97. The highest BCUT2D eigenvalue weighted by atomic mass is 19.1. The molecule has 7 heteroatoms. The van der Waals surface area contributed by atoms with E-state index in [1.165, 1.54) is 29.3 Å². The lowest BCUT2D eigenvalue weighted by atomic mass is 9.99. The highest BCUT2D eigenvalue weighted by Gasteiger charge is 2.20. The van der Waals surface area contributed by atoms with E-state index >= 15 is 0 Å². The molecule has 0 atom stereocenters. The van der Waals surface area contributed by atoms with E-state index in [-0.39, 0.29) is 30.3 Å². The largest absolute Gasteiger partial charge is 0.338 e. The van der Waals surface area contributed by atoms with Crippen molar-refractivity contribution in [3.8, 4) is 11.4 Å². The van der Waals surface area contributed by atoms with Gasteiger partial charge in [0.2, 0.25) is 5.91 Å². The van der Waals surface area contributed by atoms with Gasteiger partial charge in [0.1, 0.15) is 11.5 Å². The highest BCUT2D eigenvalue weighted by molar-refractivity contribution is 5.76. The Hall–Kier alpha value is -3.35. The summed E-state index contributed by atoms with van der Waals surface area (Å²) < 4.78 is 13.3. The monoisotopic (exact) mass is 378 g/mol. The maximum absolute atomic E-state index is 13.3. The van der Waals surface area contributed by atoms with E-state index < -0.39 is 11.4 Å². The van der Waals surface area contributed by atoms with Crippen LogP contribution in [0.15, 0.2) is 53.3 Å². The molecule has 1 aliphatic rings. The van der Waals surface area contributed by atoms with Crippen LogP contribution in [0.3, 0.4) is 0 Å². The molecule has 142 valence electrons. The average Bonchev–Trinajstić information content (AvgIpc) is 2.72. The van der Waals surface area contributed by atoms with E-state index in [0.717, 1.165) is 6.42 Å². The summed E-state index contributed by atoms with van der Waals surface area (Å²) in [5, 5.41) is 7.92. The second kappa shape index (κ2) is 7.72. The molecule has 0 spiro atoms. The fourth-order valence-electron chi connectivity index (χ4n) is 3.38. The third-order valence-corrected chi connectivity index (χ3v) is 4.92. The van der Waals surface area contributed by atoms with Gasteiger partial charge in [0, 0.05) is 31.5 Å². The Labute approximate surface area is 161 Å². The summed E-state index contributed by atoms with van der Waals surface area (Å²) in [6, 6.07) is 13.9. The van der Waals surface area contributed by atoms with Crippen molar-refractivity contribution in [2.75, 3.05) is 6.54 Å². The van der Waals surface area contributed by atoms with Gasteiger partial charge in [-0.25, -0.2) is 4.39 Å². The van der Waals surface area contributed by atoms with Crippen LogP contribution in [0.25, 0.3) is 11.4 Å². The lowest BCUT2D eigenvalue weighted by Crippen LogP contribution is -2.36. The average molecular weight is 378 g/mol. The van der Waals surface area contributed by atoms with Gasteiger partial charge in [-0.1, -0.05) is 36.4 Å². The maximum Gasteiger partial charge on any atom is 0.273 e. The number of nitrogens with zero attached hydrogens (tertiary/aromatic N) is 3. The van der Waals surface area contributed by atoms with Gasteiger partial charge in [-0.2, -0.15) is 0 Å². The molecule has 0 fully saturated rings. The van der Waals surface area contributed by atoms with Crippen LogP contribution in [0.2, 0.25) is 0 Å². The predicted octanol–water partition coefficient (Wildman–Crippen LogP) is 2.49. The normalized spacial score (nSPS) is 13.2. The predicted molar refractivity (Wildman–Crippen MR) is 102 cm³/mol. The molecule has 6 nitrogen and oxygen atoms in total. The van der Waals surface area contributed by atoms with Gasteiger partial charge in [0.15, 0.2) is 5.82 Å². The zero-order chi connectivity index (χ0) is 19.5. The molecule has 0 aliphatic carbocycles. The van der Waals surface area contributed by atoms with Crippen LogP contribution < -0.4 is 5.56 Å². The Bertz CT molecular complexity index is 1080. The van der Waals surface area contributed by atoms with Gasteiger partial charge < -0.3 is 9.88 Å². The minimum Gasteiger partial charge on any atom is -0.338 e. The fraction of sp³-hybridized carbons (Fsp3) is 0.238. The maximum atomic E-state index is 13.3. The molecule has 0 unspecified atom stereocenters. The number of fused-ring (bicyclic) bond motifs is 1. The SMILES string of the molecule is O=C(CCc1nnc(-c2cccc(F)c2)[nH]c1=O)N1CCc2ccccc2C1. The van der Waals surface area contributed by atoms with Crippen molar-refractivity contribution < 1.29 is 9.18 Å². The Balaban J connectivity index is 1.41. The lowest BCUT2D eigenvalue weighted by molar-refractivity contribution is -0.132. The number of aromatic nitrogens is 3.